The molecule has 2 aliphatic heterocycles. The number of benzene rings is 2. The Morgan fingerprint density at radius 2 is 1.86 bits per heavy atom. The summed E-state index contributed by atoms with van der Waals surface area (Å²) in [5.74, 6) is -1.69. The quantitative estimate of drug-likeness (QED) is 0.721. The molecule has 2 heterocycles. The van der Waals surface area contributed by atoms with Gasteiger partial charge in [0.2, 0.25) is 0 Å². The molecule has 1 fully saturated rings. The first-order chi connectivity index (χ1) is 13.9. The third-order valence-electron chi connectivity index (χ3n) is 5.91. The van der Waals surface area contributed by atoms with E-state index in [4.69, 9.17) is 16.3 Å². The minimum atomic E-state index is -1.90. The number of quaternary nitrogens is 1. The zero-order valence-electron chi connectivity index (χ0n) is 16.2. The maximum Gasteiger partial charge on any atom is 0.268 e. The summed E-state index contributed by atoms with van der Waals surface area (Å²) in [5, 5.41) is 12.1. The summed E-state index contributed by atoms with van der Waals surface area (Å²) < 4.78 is 5.40. The first-order valence-electron chi connectivity index (χ1n) is 9.78. The number of nitrogens with one attached hydrogen (secondary N) is 1. The summed E-state index contributed by atoms with van der Waals surface area (Å²) in [6, 6.07) is 13.7. The predicted molar refractivity (Wildman–Crippen MR) is 109 cm³/mol. The van der Waals surface area contributed by atoms with E-state index in [1.807, 2.05) is 12.1 Å². The van der Waals surface area contributed by atoms with E-state index in [-0.39, 0.29) is 5.78 Å². The molecule has 6 nitrogen and oxygen atoms in total. The van der Waals surface area contributed by atoms with E-state index in [0.717, 1.165) is 13.1 Å². The Labute approximate surface area is 174 Å². The minimum Gasteiger partial charge on any atom is -0.375 e. The number of ether oxygens (including phenoxy) is 1. The largest absolute Gasteiger partial charge is 0.375 e. The SMILES string of the molecule is C[C@H](C(=O)c1ccc(Cl)cc1)[C@@]1(O)C(=O)N(C[NH+]2CCOCC2)c2ccccc21. The number of halogens is 1. The lowest BCUT2D eigenvalue weighted by Crippen LogP contribution is -3.15. The van der Waals surface area contributed by atoms with Crippen LogP contribution in [0.25, 0.3) is 0 Å². The number of aliphatic hydroxyl groups is 1. The molecule has 2 aliphatic rings. The average molecular weight is 416 g/mol. The fourth-order valence-electron chi connectivity index (χ4n) is 4.13. The van der Waals surface area contributed by atoms with E-state index in [1.54, 1.807) is 48.2 Å². The van der Waals surface area contributed by atoms with E-state index in [2.05, 4.69) is 0 Å². The lowest BCUT2D eigenvalue weighted by molar-refractivity contribution is -0.906. The molecule has 0 radical (unpaired) electrons. The molecule has 0 aliphatic carbocycles. The molecule has 0 bridgehead atoms. The van der Waals surface area contributed by atoms with Gasteiger partial charge in [-0.15, -0.1) is 0 Å². The summed E-state index contributed by atoms with van der Waals surface area (Å²) in [6.07, 6.45) is 0. The van der Waals surface area contributed by atoms with Crippen LogP contribution in [0, 0.1) is 5.92 Å². The number of nitrogens with zero attached hydrogens (tertiary/aromatic N) is 1. The number of Topliss-reactive ketones (excluding diaryl/α,β-unsaturated/α-hetero) is 1. The van der Waals surface area contributed by atoms with Crippen molar-refractivity contribution in [2.45, 2.75) is 12.5 Å². The first kappa shape index (κ1) is 20.0. The molecular weight excluding hydrogens is 392 g/mol. The zero-order valence-corrected chi connectivity index (χ0v) is 17.0. The Morgan fingerprint density at radius 3 is 2.55 bits per heavy atom. The third-order valence-corrected chi connectivity index (χ3v) is 6.16. The van der Waals surface area contributed by atoms with Crippen LogP contribution in [0.4, 0.5) is 5.69 Å². The fraction of sp³-hybridized carbons (Fsp3) is 0.364. The van der Waals surface area contributed by atoms with Crippen LogP contribution in [0.1, 0.15) is 22.8 Å². The Bertz CT molecular complexity index is 927. The monoisotopic (exact) mass is 415 g/mol. The van der Waals surface area contributed by atoms with Crippen LogP contribution in [0.15, 0.2) is 48.5 Å². The van der Waals surface area contributed by atoms with Gasteiger partial charge in [0.15, 0.2) is 18.1 Å². The number of carbonyl (C=O) groups excluding carboxylic acids is 2. The third kappa shape index (κ3) is 3.46. The normalized spacial score (nSPS) is 23.1. The zero-order chi connectivity index (χ0) is 20.6. The second-order valence-corrected chi connectivity index (χ2v) is 8.07. The number of carbonyl (C=O) groups is 2. The summed E-state index contributed by atoms with van der Waals surface area (Å²) in [7, 11) is 0. The summed E-state index contributed by atoms with van der Waals surface area (Å²) in [5.41, 5.74) is -0.348. The molecule has 2 aromatic carbocycles. The number of ketones is 1. The van der Waals surface area contributed by atoms with Crippen LogP contribution in [0.2, 0.25) is 5.02 Å². The Balaban J connectivity index is 1.67. The van der Waals surface area contributed by atoms with Crippen molar-refractivity contribution < 1.29 is 24.3 Å². The van der Waals surface area contributed by atoms with Gasteiger partial charge < -0.3 is 14.7 Å². The highest BCUT2D eigenvalue weighted by atomic mass is 35.5. The number of anilines is 1. The molecule has 7 heteroatoms. The molecular formula is C22H24ClN2O4+. The number of hydrogen-bond acceptors (Lipinski definition) is 4. The highest BCUT2D eigenvalue weighted by Gasteiger charge is 2.56. The van der Waals surface area contributed by atoms with E-state index < -0.39 is 17.4 Å². The second kappa shape index (κ2) is 7.88. The number of para-hydroxylation sites is 1. The summed E-state index contributed by atoms with van der Waals surface area (Å²) >= 11 is 5.92. The standard InChI is InChI=1S/C22H23ClN2O4/c1-15(20(26)16-6-8-17(23)9-7-16)22(28)18-4-2-3-5-19(18)25(21(22)27)14-24-10-12-29-13-11-24/h2-9,15,28H,10-14H2,1H3/p+1/t15-,22+/m1/s1. The van der Waals surface area contributed by atoms with Crippen molar-refractivity contribution in [2.75, 3.05) is 37.9 Å². The maximum absolute atomic E-state index is 13.4. The predicted octanol–water partition coefficient (Wildman–Crippen LogP) is 1.27. The van der Waals surface area contributed by atoms with E-state index >= 15 is 0 Å². The highest BCUT2D eigenvalue weighted by molar-refractivity contribution is 6.30. The second-order valence-electron chi connectivity index (χ2n) is 7.63. The van der Waals surface area contributed by atoms with Crippen molar-refractivity contribution >= 4 is 29.0 Å². The van der Waals surface area contributed by atoms with Crippen LogP contribution >= 0.6 is 11.6 Å². The molecule has 152 valence electrons. The van der Waals surface area contributed by atoms with Crippen molar-refractivity contribution in [3.05, 3.63) is 64.7 Å². The van der Waals surface area contributed by atoms with Crippen LogP contribution in [-0.2, 0) is 15.1 Å². The number of hydrogen-bond donors (Lipinski definition) is 2. The van der Waals surface area contributed by atoms with E-state index in [1.165, 1.54) is 4.90 Å². The molecule has 1 saturated heterocycles. The van der Waals surface area contributed by atoms with Crippen LogP contribution in [-0.4, -0.2) is 49.8 Å². The Morgan fingerprint density at radius 1 is 1.21 bits per heavy atom. The average Bonchev–Trinajstić information content (AvgIpc) is 2.97. The van der Waals surface area contributed by atoms with Gasteiger partial charge in [0, 0.05) is 16.1 Å². The summed E-state index contributed by atoms with van der Waals surface area (Å²) in [6.45, 7) is 4.93. The van der Waals surface area contributed by atoms with Crippen LogP contribution in [0.5, 0.6) is 0 Å². The topological polar surface area (TPSA) is 71.3 Å². The van der Waals surface area contributed by atoms with Gasteiger partial charge in [-0.3, -0.25) is 14.5 Å². The molecule has 0 aromatic heterocycles. The van der Waals surface area contributed by atoms with Crippen molar-refractivity contribution in [2.24, 2.45) is 5.92 Å². The van der Waals surface area contributed by atoms with Gasteiger partial charge in [0.25, 0.3) is 5.91 Å². The first-order valence-corrected chi connectivity index (χ1v) is 10.2. The molecule has 2 aromatic rings. The molecule has 0 unspecified atom stereocenters. The molecule has 1 amide bonds. The van der Waals surface area contributed by atoms with Crippen molar-refractivity contribution in [3.63, 3.8) is 0 Å². The van der Waals surface area contributed by atoms with Gasteiger partial charge in [-0.05, 0) is 30.3 Å². The van der Waals surface area contributed by atoms with Crippen LogP contribution < -0.4 is 9.80 Å². The molecule has 29 heavy (non-hydrogen) atoms. The molecule has 0 saturated carbocycles. The fourth-order valence-corrected chi connectivity index (χ4v) is 4.26. The highest BCUT2D eigenvalue weighted by Crippen LogP contribution is 2.45. The Hall–Kier alpha value is -2.25. The van der Waals surface area contributed by atoms with Crippen molar-refractivity contribution in [1.82, 2.24) is 0 Å². The molecule has 0 spiro atoms. The van der Waals surface area contributed by atoms with Crippen molar-refractivity contribution in [3.8, 4) is 0 Å². The van der Waals surface area contributed by atoms with Crippen molar-refractivity contribution in [1.29, 1.82) is 0 Å². The molecule has 2 atom stereocenters. The lowest BCUT2D eigenvalue weighted by atomic mass is 9.79. The number of amides is 1. The number of morpholine rings is 1. The van der Waals surface area contributed by atoms with E-state index in [0.29, 0.717) is 41.7 Å². The van der Waals surface area contributed by atoms with Gasteiger partial charge in [0.1, 0.15) is 13.1 Å². The molecule has 4 rings (SSSR count). The molecule has 2 N–H and O–H groups in total. The smallest absolute Gasteiger partial charge is 0.268 e. The lowest BCUT2D eigenvalue weighted by Gasteiger charge is -2.31. The van der Waals surface area contributed by atoms with E-state index in [9.17, 15) is 14.7 Å². The van der Waals surface area contributed by atoms with Gasteiger partial charge in [-0.2, -0.15) is 0 Å². The van der Waals surface area contributed by atoms with Gasteiger partial charge in [0.05, 0.1) is 24.8 Å². The minimum absolute atomic E-state index is 0.298. The Kier molecular flexibility index (Phi) is 5.44. The summed E-state index contributed by atoms with van der Waals surface area (Å²) in [4.78, 5) is 29.4. The number of fused-ring (bicyclic) bond motifs is 1. The van der Waals surface area contributed by atoms with Gasteiger partial charge in [-0.25, -0.2) is 0 Å². The van der Waals surface area contributed by atoms with Crippen LogP contribution in [0.3, 0.4) is 0 Å². The van der Waals surface area contributed by atoms with Gasteiger partial charge in [-0.1, -0.05) is 36.7 Å². The number of rotatable bonds is 5. The van der Waals surface area contributed by atoms with Gasteiger partial charge >= 0.3 is 0 Å². The maximum atomic E-state index is 13.4.